The van der Waals surface area contributed by atoms with Gasteiger partial charge in [0.05, 0.1) is 32.2 Å². The highest BCUT2D eigenvalue weighted by Crippen LogP contribution is 2.27. The summed E-state index contributed by atoms with van der Waals surface area (Å²) < 4.78 is 15.8. The van der Waals surface area contributed by atoms with E-state index in [0.717, 1.165) is 0 Å². The molecule has 0 N–H and O–H groups in total. The van der Waals surface area contributed by atoms with Crippen molar-refractivity contribution in [3.8, 4) is 11.5 Å². The van der Waals surface area contributed by atoms with Gasteiger partial charge in [-0.05, 0) is 37.6 Å². The SMILES string of the molecule is CCOC(=O)CCCOc1cc(C=CC(=O)c2ccccn2)ncc1OC. The first-order valence-electron chi connectivity index (χ1n) is 8.60. The molecule has 7 nitrogen and oxygen atoms in total. The fourth-order valence-electron chi connectivity index (χ4n) is 2.18. The van der Waals surface area contributed by atoms with Crippen molar-refractivity contribution >= 4 is 17.8 Å². The van der Waals surface area contributed by atoms with Gasteiger partial charge >= 0.3 is 5.97 Å². The Morgan fingerprint density at radius 1 is 1.19 bits per heavy atom. The van der Waals surface area contributed by atoms with Gasteiger partial charge in [0.1, 0.15) is 5.69 Å². The summed E-state index contributed by atoms with van der Waals surface area (Å²) in [5.41, 5.74) is 0.901. The molecule has 2 rings (SSSR count). The largest absolute Gasteiger partial charge is 0.491 e. The van der Waals surface area contributed by atoms with Crippen LogP contribution >= 0.6 is 0 Å². The predicted molar refractivity (Wildman–Crippen MR) is 99.8 cm³/mol. The lowest BCUT2D eigenvalue weighted by atomic mass is 10.2. The number of carbonyl (C=O) groups excluding carboxylic acids is 2. The molecule has 0 fully saturated rings. The number of allylic oxidation sites excluding steroid dienone is 1. The molecular formula is C20H22N2O5. The molecule has 0 amide bonds. The number of rotatable bonds is 10. The fourth-order valence-corrected chi connectivity index (χ4v) is 2.18. The molecule has 27 heavy (non-hydrogen) atoms. The van der Waals surface area contributed by atoms with Gasteiger partial charge in [0.25, 0.3) is 0 Å². The van der Waals surface area contributed by atoms with Gasteiger partial charge in [-0.3, -0.25) is 19.6 Å². The highest BCUT2D eigenvalue weighted by molar-refractivity contribution is 6.05. The van der Waals surface area contributed by atoms with E-state index in [0.29, 0.717) is 42.5 Å². The van der Waals surface area contributed by atoms with Crippen LogP contribution in [0.5, 0.6) is 11.5 Å². The monoisotopic (exact) mass is 370 g/mol. The maximum atomic E-state index is 12.1. The zero-order valence-corrected chi connectivity index (χ0v) is 15.4. The van der Waals surface area contributed by atoms with E-state index in [-0.39, 0.29) is 18.2 Å². The Labute approximate surface area is 158 Å². The molecular weight excluding hydrogens is 348 g/mol. The van der Waals surface area contributed by atoms with E-state index in [9.17, 15) is 9.59 Å². The van der Waals surface area contributed by atoms with Crippen molar-refractivity contribution in [1.82, 2.24) is 9.97 Å². The van der Waals surface area contributed by atoms with Crippen molar-refractivity contribution in [2.24, 2.45) is 0 Å². The van der Waals surface area contributed by atoms with Gasteiger partial charge in [-0.2, -0.15) is 0 Å². The number of pyridine rings is 2. The number of aromatic nitrogens is 2. The van der Waals surface area contributed by atoms with Crippen LogP contribution in [0.1, 0.15) is 35.9 Å². The third-order valence-corrected chi connectivity index (χ3v) is 3.48. The van der Waals surface area contributed by atoms with E-state index in [1.165, 1.54) is 19.4 Å². The number of nitrogens with zero attached hydrogens (tertiary/aromatic N) is 2. The number of esters is 1. The van der Waals surface area contributed by atoms with Crippen molar-refractivity contribution in [3.05, 3.63) is 54.1 Å². The van der Waals surface area contributed by atoms with Crippen molar-refractivity contribution < 1.29 is 23.8 Å². The standard InChI is InChI=1S/C20H22N2O5/c1-3-26-20(24)8-6-12-27-18-13-15(22-14-19(18)25-2)9-10-17(23)16-7-4-5-11-21-16/h4-5,7,9-11,13-14H,3,6,8,12H2,1-2H3. The maximum Gasteiger partial charge on any atom is 0.305 e. The molecule has 0 radical (unpaired) electrons. The molecule has 0 aliphatic heterocycles. The summed E-state index contributed by atoms with van der Waals surface area (Å²) in [7, 11) is 1.52. The number of ether oxygens (including phenoxy) is 3. The van der Waals surface area contributed by atoms with E-state index in [4.69, 9.17) is 14.2 Å². The summed E-state index contributed by atoms with van der Waals surface area (Å²) in [6, 6.07) is 6.82. The molecule has 0 spiro atoms. The number of methoxy groups -OCH3 is 1. The van der Waals surface area contributed by atoms with Gasteiger partial charge in [-0.1, -0.05) is 6.07 Å². The Hall–Kier alpha value is -3.22. The highest BCUT2D eigenvalue weighted by atomic mass is 16.5. The first-order chi connectivity index (χ1) is 13.1. The lowest BCUT2D eigenvalue weighted by Crippen LogP contribution is -2.07. The zero-order chi connectivity index (χ0) is 19.5. The third kappa shape index (κ3) is 6.54. The van der Waals surface area contributed by atoms with Gasteiger partial charge in [-0.15, -0.1) is 0 Å². The molecule has 0 unspecified atom stereocenters. The first-order valence-corrected chi connectivity index (χ1v) is 8.60. The Morgan fingerprint density at radius 3 is 2.74 bits per heavy atom. The molecule has 0 saturated heterocycles. The van der Waals surface area contributed by atoms with Crippen molar-refractivity contribution in [1.29, 1.82) is 0 Å². The second-order valence-electron chi connectivity index (χ2n) is 5.43. The summed E-state index contributed by atoms with van der Waals surface area (Å²) in [5, 5.41) is 0. The molecule has 2 aromatic rings. The summed E-state index contributed by atoms with van der Waals surface area (Å²) in [5.74, 6) is 0.491. The van der Waals surface area contributed by atoms with Crippen LogP contribution in [0.2, 0.25) is 0 Å². The van der Waals surface area contributed by atoms with Crippen LogP contribution in [0.25, 0.3) is 6.08 Å². The van der Waals surface area contributed by atoms with Crippen molar-refractivity contribution in [2.75, 3.05) is 20.3 Å². The summed E-state index contributed by atoms with van der Waals surface area (Å²) >= 11 is 0. The molecule has 7 heteroatoms. The summed E-state index contributed by atoms with van der Waals surface area (Å²) in [4.78, 5) is 31.6. The first kappa shape index (κ1) is 20.1. The molecule has 0 atom stereocenters. The molecule has 0 bridgehead atoms. The Morgan fingerprint density at radius 2 is 2.04 bits per heavy atom. The Bertz CT molecular complexity index is 790. The van der Waals surface area contributed by atoms with Crippen LogP contribution in [0, 0.1) is 0 Å². The van der Waals surface area contributed by atoms with Gasteiger partial charge in [0.2, 0.25) is 5.78 Å². The molecule has 0 saturated carbocycles. The normalized spacial score (nSPS) is 10.6. The lowest BCUT2D eigenvalue weighted by Gasteiger charge is -2.10. The predicted octanol–water partition coefficient (Wildman–Crippen LogP) is 3.10. The Kier molecular flexibility index (Phi) is 7.96. The zero-order valence-electron chi connectivity index (χ0n) is 15.4. The lowest BCUT2D eigenvalue weighted by molar-refractivity contribution is -0.143. The summed E-state index contributed by atoms with van der Waals surface area (Å²) in [6.45, 7) is 2.46. The minimum absolute atomic E-state index is 0.217. The molecule has 0 aliphatic rings. The topological polar surface area (TPSA) is 87.6 Å². The number of carbonyl (C=O) groups is 2. The molecule has 0 aliphatic carbocycles. The van der Waals surface area contributed by atoms with Gasteiger partial charge < -0.3 is 14.2 Å². The quantitative estimate of drug-likeness (QED) is 0.275. The van der Waals surface area contributed by atoms with Crippen molar-refractivity contribution in [2.45, 2.75) is 19.8 Å². The molecule has 0 aromatic carbocycles. The number of ketones is 1. The van der Waals surface area contributed by atoms with Gasteiger partial charge in [0, 0.05) is 18.7 Å². The van der Waals surface area contributed by atoms with Gasteiger partial charge in [-0.25, -0.2) is 0 Å². The van der Waals surface area contributed by atoms with Crippen LogP contribution in [-0.2, 0) is 9.53 Å². The van der Waals surface area contributed by atoms with E-state index in [1.54, 1.807) is 43.5 Å². The highest BCUT2D eigenvalue weighted by Gasteiger charge is 2.08. The van der Waals surface area contributed by atoms with E-state index in [2.05, 4.69) is 9.97 Å². The smallest absolute Gasteiger partial charge is 0.305 e. The minimum atomic E-state index is -0.251. The van der Waals surface area contributed by atoms with Crippen LogP contribution in [-0.4, -0.2) is 42.0 Å². The van der Waals surface area contributed by atoms with Crippen LogP contribution < -0.4 is 9.47 Å². The van der Waals surface area contributed by atoms with Gasteiger partial charge in [0.15, 0.2) is 11.5 Å². The average molecular weight is 370 g/mol. The molecule has 2 heterocycles. The van der Waals surface area contributed by atoms with E-state index in [1.807, 2.05) is 0 Å². The second kappa shape index (κ2) is 10.7. The van der Waals surface area contributed by atoms with Crippen LogP contribution in [0.4, 0.5) is 0 Å². The average Bonchev–Trinajstić information content (AvgIpc) is 2.70. The third-order valence-electron chi connectivity index (χ3n) is 3.48. The number of hydrogen-bond donors (Lipinski definition) is 0. The maximum absolute atomic E-state index is 12.1. The van der Waals surface area contributed by atoms with Crippen LogP contribution in [0.15, 0.2) is 42.7 Å². The minimum Gasteiger partial charge on any atom is -0.491 e. The van der Waals surface area contributed by atoms with Crippen molar-refractivity contribution in [3.63, 3.8) is 0 Å². The number of hydrogen-bond acceptors (Lipinski definition) is 7. The summed E-state index contributed by atoms with van der Waals surface area (Å²) in [6.07, 6.45) is 6.88. The van der Waals surface area contributed by atoms with Crippen LogP contribution in [0.3, 0.4) is 0 Å². The fraction of sp³-hybridized carbons (Fsp3) is 0.300. The Balaban J connectivity index is 1.98. The second-order valence-corrected chi connectivity index (χ2v) is 5.43. The van der Waals surface area contributed by atoms with E-state index >= 15 is 0 Å². The molecule has 142 valence electrons. The van der Waals surface area contributed by atoms with E-state index < -0.39 is 0 Å². The molecule has 2 aromatic heterocycles.